The third kappa shape index (κ3) is 8.34. The highest BCUT2D eigenvalue weighted by molar-refractivity contribution is 7.99. The van der Waals surface area contributed by atoms with Crippen molar-refractivity contribution in [2.24, 2.45) is 0 Å². The maximum Gasteiger partial charge on any atom is 0.243 e. The summed E-state index contributed by atoms with van der Waals surface area (Å²) in [7, 11) is 0. The van der Waals surface area contributed by atoms with E-state index in [1.807, 2.05) is 58.9 Å². The fourth-order valence-corrected chi connectivity index (χ4v) is 4.60. The van der Waals surface area contributed by atoms with E-state index in [-0.39, 0.29) is 17.4 Å². The third-order valence-electron chi connectivity index (χ3n) is 5.13. The van der Waals surface area contributed by atoms with Crippen LogP contribution in [0.25, 0.3) is 0 Å². The number of amides is 2. The SMILES string of the molecule is CC[C@@H](C(=O)NC(C)(C)C)N(Cc1ccc(C)cc1)C(=O)CSCc1cc(C)cc(C)c1. The van der Waals surface area contributed by atoms with E-state index < -0.39 is 6.04 Å². The monoisotopic (exact) mass is 454 g/mol. The standard InChI is InChI=1S/C27H38N2O2S/c1-8-24(26(31)28-27(5,6)7)29(16-22-11-9-19(2)10-12-22)25(30)18-32-17-23-14-20(3)13-21(4)15-23/h9-15,24H,8,16-18H2,1-7H3,(H,28,31)/t24-/m0/s1. The molecule has 0 radical (unpaired) electrons. The van der Waals surface area contributed by atoms with Gasteiger partial charge in [-0.2, -0.15) is 0 Å². The van der Waals surface area contributed by atoms with Gasteiger partial charge < -0.3 is 10.2 Å². The van der Waals surface area contributed by atoms with Gasteiger partial charge in [0.2, 0.25) is 11.8 Å². The quantitative estimate of drug-likeness (QED) is 0.539. The first-order valence-electron chi connectivity index (χ1n) is 11.3. The van der Waals surface area contributed by atoms with E-state index in [0.29, 0.717) is 18.7 Å². The highest BCUT2D eigenvalue weighted by atomic mass is 32.2. The molecular weight excluding hydrogens is 416 g/mol. The van der Waals surface area contributed by atoms with Crippen molar-refractivity contribution in [3.05, 3.63) is 70.3 Å². The van der Waals surface area contributed by atoms with Crippen LogP contribution in [0.15, 0.2) is 42.5 Å². The summed E-state index contributed by atoms with van der Waals surface area (Å²) in [6, 6.07) is 14.2. The van der Waals surface area contributed by atoms with Gasteiger partial charge in [0, 0.05) is 17.8 Å². The van der Waals surface area contributed by atoms with Crippen LogP contribution in [0.5, 0.6) is 0 Å². The largest absolute Gasteiger partial charge is 0.350 e. The van der Waals surface area contributed by atoms with E-state index in [9.17, 15) is 9.59 Å². The summed E-state index contributed by atoms with van der Waals surface area (Å²) < 4.78 is 0. The number of nitrogens with zero attached hydrogens (tertiary/aromatic N) is 1. The van der Waals surface area contributed by atoms with Crippen LogP contribution in [-0.2, 0) is 21.9 Å². The fourth-order valence-electron chi connectivity index (χ4n) is 3.75. The molecule has 5 heteroatoms. The lowest BCUT2D eigenvalue weighted by atomic mass is 10.1. The summed E-state index contributed by atoms with van der Waals surface area (Å²) in [6.45, 7) is 14.5. The molecule has 32 heavy (non-hydrogen) atoms. The van der Waals surface area contributed by atoms with Gasteiger partial charge in [0.05, 0.1) is 5.75 Å². The first-order valence-corrected chi connectivity index (χ1v) is 12.5. The lowest BCUT2D eigenvalue weighted by Gasteiger charge is -2.33. The number of aryl methyl sites for hydroxylation is 3. The average Bonchev–Trinajstić information content (AvgIpc) is 2.67. The van der Waals surface area contributed by atoms with Gasteiger partial charge in [-0.1, -0.05) is 66.1 Å². The van der Waals surface area contributed by atoms with Crippen LogP contribution in [0.2, 0.25) is 0 Å². The molecule has 2 amide bonds. The van der Waals surface area contributed by atoms with Crippen LogP contribution in [0, 0.1) is 20.8 Å². The highest BCUT2D eigenvalue weighted by Crippen LogP contribution is 2.19. The van der Waals surface area contributed by atoms with E-state index in [2.05, 4.69) is 37.4 Å². The normalized spacial score (nSPS) is 12.3. The molecule has 0 fully saturated rings. The molecule has 0 aliphatic carbocycles. The van der Waals surface area contributed by atoms with E-state index in [4.69, 9.17) is 0 Å². The van der Waals surface area contributed by atoms with E-state index in [0.717, 1.165) is 11.3 Å². The molecule has 2 rings (SSSR count). The predicted molar refractivity (Wildman–Crippen MR) is 136 cm³/mol. The molecule has 1 atom stereocenters. The van der Waals surface area contributed by atoms with Crippen LogP contribution in [-0.4, -0.2) is 34.0 Å². The van der Waals surface area contributed by atoms with Crippen molar-refractivity contribution in [2.45, 2.75) is 78.8 Å². The first-order chi connectivity index (χ1) is 15.0. The molecule has 0 unspecified atom stereocenters. The van der Waals surface area contributed by atoms with Gasteiger partial charge in [0.15, 0.2) is 0 Å². The van der Waals surface area contributed by atoms with E-state index in [1.165, 1.54) is 22.3 Å². The molecule has 2 aromatic rings. The second-order valence-electron chi connectivity index (χ2n) is 9.66. The lowest BCUT2D eigenvalue weighted by Crippen LogP contribution is -2.53. The average molecular weight is 455 g/mol. The minimum atomic E-state index is -0.496. The molecular formula is C27H38N2O2S. The number of carbonyl (C=O) groups is 2. The number of rotatable bonds is 9. The van der Waals surface area contributed by atoms with Gasteiger partial charge in [-0.25, -0.2) is 0 Å². The minimum absolute atomic E-state index is 0.00383. The van der Waals surface area contributed by atoms with Crippen molar-refractivity contribution < 1.29 is 9.59 Å². The number of carbonyl (C=O) groups excluding carboxylic acids is 2. The summed E-state index contributed by atoms with van der Waals surface area (Å²) in [5, 5.41) is 3.06. The molecule has 4 nitrogen and oxygen atoms in total. The van der Waals surface area contributed by atoms with Gasteiger partial charge in [-0.05, 0) is 59.1 Å². The van der Waals surface area contributed by atoms with Crippen LogP contribution in [0.3, 0.4) is 0 Å². The highest BCUT2D eigenvalue weighted by Gasteiger charge is 2.30. The van der Waals surface area contributed by atoms with E-state index in [1.54, 1.807) is 16.7 Å². The third-order valence-corrected chi connectivity index (χ3v) is 6.12. The van der Waals surface area contributed by atoms with Crippen LogP contribution < -0.4 is 5.32 Å². The Bertz CT molecular complexity index is 896. The molecule has 0 bridgehead atoms. The molecule has 0 aromatic heterocycles. The first kappa shape index (κ1) is 26.0. The van der Waals surface area contributed by atoms with Crippen LogP contribution in [0.4, 0.5) is 0 Å². The Balaban J connectivity index is 2.16. The predicted octanol–water partition coefficient (Wildman–Crippen LogP) is 5.57. The van der Waals surface area contributed by atoms with Crippen molar-refractivity contribution >= 4 is 23.6 Å². The molecule has 0 aliphatic heterocycles. The molecule has 0 saturated heterocycles. The molecule has 0 aliphatic rings. The summed E-state index contributed by atoms with van der Waals surface area (Å²) in [4.78, 5) is 28.1. The Morgan fingerprint density at radius 2 is 1.53 bits per heavy atom. The zero-order valence-corrected chi connectivity index (χ0v) is 21.4. The maximum absolute atomic E-state index is 13.3. The molecule has 174 valence electrons. The Morgan fingerprint density at radius 3 is 2.06 bits per heavy atom. The Hall–Kier alpha value is -2.27. The van der Waals surface area contributed by atoms with Gasteiger partial charge >= 0.3 is 0 Å². The minimum Gasteiger partial charge on any atom is -0.350 e. The molecule has 1 N–H and O–H groups in total. The van der Waals surface area contributed by atoms with Crippen LogP contribution in [0.1, 0.15) is 61.9 Å². The Labute approximate surface area is 198 Å². The molecule has 0 heterocycles. The Kier molecular flexibility index (Phi) is 9.38. The number of benzene rings is 2. The molecule has 0 spiro atoms. The van der Waals surface area contributed by atoms with Gasteiger partial charge in [0.25, 0.3) is 0 Å². The summed E-state index contributed by atoms with van der Waals surface area (Å²) in [5.41, 5.74) is 5.55. The molecule has 2 aromatic carbocycles. The van der Waals surface area contributed by atoms with Gasteiger partial charge in [0.1, 0.15) is 6.04 Å². The number of hydrogen-bond donors (Lipinski definition) is 1. The second kappa shape index (κ2) is 11.6. The van der Waals surface area contributed by atoms with Crippen LogP contribution >= 0.6 is 11.8 Å². The lowest BCUT2D eigenvalue weighted by molar-refractivity contribution is -0.140. The Morgan fingerprint density at radius 1 is 0.938 bits per heavy atom. The fraction of sp³-hybridized carbons (Fsp3) is 0.481. The number of hydrogen-bond acceptors (Lipinski definition) is 3. The maximum atomic E-state index is 13.3. The summed E-state index contributed by atoms with van der Waals surface area (Å²) >= 11 is 1.60. The number of nitrogens with one attached hydrogen (secondary N) is 1. The van der Waals surface area contributed by atoms with Crippen molar-refractivity contribution in [1.82, 2.24) is 10.2 Å². The topological polar surface area (TPSA) is 49.4 Å². The number of thioether (sulfide) groups is 1. The van der Waals surface area contributed by atoms with Gasteiger partial charge in [-0.3, -0.25) is 9.59 Å². The van der Waals surface area contributed by atoms with Gasteiger partial charge in [-0.15, -0.1) is 11.8 Å². The molecule has 0 saturated carbocycles. The van der Waals surface area contributed by atoms with Crippen molar-refractivity contribution in [3.63, 3.8) is 0 Å². The van der Waals surface area contributed by atoms with Crippen molar-refractivity contribution in [3.8, 4) is 0 Å². The van der Waals surface area contributed by atoms with E-state index >= 15 is 0 Å². The van der Waals surface area contributed by atoms with Crippen molar-refractivity contribution in [1.29, 1.82) is 0 Å². The zero-order valence-electron chi connectivity index (χ0n) is 20.6. The zero-order chi connectivity index (χ0) is 23.9. The summed E-state index contributed by atoms with van der Waals surface area (Å²) in [5.74, 6) is 1.02. The van der Waals surface area contributed by atoms with Crippen molar-refractivity contribution in [2.75, 3.05) is 5.75 Å². The second-order valence-corrected chi connectivity index (χ2v) is 10.6. The smallest absolute Gasteiger partial charge is 0.243 e. The summed E-state index contributed by atoms with van der Waals surface area (Å²) in [6.07, 6.45) is 0.571.